The molecule has 2 aromatic heterocycles. The summed E-state index contributed by atoms with van der Waals surface area (Å²) in [5, 5.41) is 16.3. The van der Waals surface area contributed by atoms with Gasteiger partial charge < -0.3 is 10.2 Å². The molecular formula is C25H27N7OS2. The highest BCUT2D eigenvalue weighted by molar-refractivity contribution is 7.99. The molecule has 0 aliphatic carbocycles. The number of aryl methyl sites for hydroxylation is 2. The van der Waals surface area contributed by atoms with Crippen molar-refractivity contribution in [2.24, 2.45) is 7.05 Å². The van der Waals surface area contributed by atoms with Gasteiger partial charge in [-0.25, -0.2) is 9.78 Å². The maximum absolute atomic E-state index is 13.6. The summed E-state index contributed by atoms with van der Waals surface area (Å²) in [4.78, 5) is 22.5. The van der Waals surface area contributed by atoms with E-state index in [0.29, 0.717) is 18.9 Å². The highest BCUT2D eigenvalue weighted by atomic mass is 32.2. The van der Waals surface area contributed by atoms with Crippen LogP contribution in [0, 0.1) is 6.92 Å². The van der Waals surface area contributed by atoms with E-state index < -0.39 is 0 Å². The second kappa shape index (κ2) is 11.4. The lowest BCUT2D eigenvalue weighted by Crippen LogP contribution is -2.34. The monoisotopic (exact) mass is 505 g/mol. The highest BCUT2D eigenvalue weighted by Crippen LogP contribution is 2.34. The molecule has 0 saturated carbocycles. The molecule has 0 atom stereocenters. The van der Waals surface area contributed by atoms with Gasteiger partial charge in [0.2, 0.25) is 5.82 Å². The molecule has 4 rings (SSSR count). The minimum Gasteiger partial charge on any atom is -0.316 e. The molecule has 0 unspecified atom stereocenters. The van der Waals surface area contributed by atoms with Crippen molar-refractivity contribution in [2.45, 2.75) is 29.9 Å². The minimum atomic E-state index is -0.187. The average Bonchev–Trinajstić information content (AvgIpc) is 3.31. The molecule has 2 aromatic carbocycles. The molecule has 0 aliphatic rings. The molecule has 8 nitrogen and oxygen atoms in total. The van der Waals surface area contributed by atoms with Gasteiger partial charge in [-0.05, 0) is 47.9 Å². The fraction of sp³-hybridized carbons (Fsp3) is 0.240. The number of aromatic nitrogens is 5. The zero-order chi connectivity index (χ0) is 24.8. The molecule has 0 aliphatic heterocycles. The Morgan fingerprint density at radius 3 is 2.43 bits per heavy atom. The molecule has 0 radical (unpaired) electrons. The Bertz CT molecular complexity index is 1290. The van der Waals surface area contributed by atoms with Crippen LogP contribution in [0.25, 0.3) is 11.4 Å². The number of rotatable bonds is 8. The molecule has 4 aromatic rings. The number of anilines is 1. The highest BCUT2D eigenvalue weighted by Gasteiger charge is 2.20. The number of benzene rings is 2. The van der Waals surface area contributed by atoms with Gasteiger partial charge in [-0.1, -0.05) is 48.5 Å². The number of tetrazole rings is 1. The van der Waals surface area contributed by atoms with Gasteiger partial charge in [0.15, 0.2) is 0 Å². The van der Waals surface area contributed by atoms with Gasteiger partial charge in [-0.2, -0.15) is 4.80 Å². The number of carbonyl (C=O) groups excluding carboxylic acids is 1. The molecule has 0 saturated heterocycles. The standard InChI is InChI=1S/C25H27N7OS2/c1-17-13-21(34-3)22(24(26-17)35-4)27-25(33)32(15-18-9-6-5-7-10-18)16-19-11-8-12-20(14-19)23-28-30-31(2)29-23/h5-14H,15-16H2,1-4H3,(H,27,33). The fourth-order valence-corrected chi connectivity index (χ4v) is 4.96. The van der Waals surface area contributed by atoms with E-state index in [0.717, 1.165) is 38.0 Å². The average molecular weight is 506 g/mol. The van der Waals surface area contributed by atoms with E-state index in [1.165, 1.54) is 16.6 Å². The first kappa shape index (κ1) is 24.7. The largest absolute Gasteiger partial charge is 0.322 e. The van der Waals surface area contributed by atoms with Gasteiger partial charge in [0.1, 0.15) is 5.03 Å². The van der Waals surface area contributed by atoms with Crippen molar-refractivity contribution >= 4 is 35.2 Å². The number of hydrogen-bond donors (Lipinski definition) is 1. The quantitative estimate of drug-likeness (QED) is 0.327. The first-order chi connectivity index (χ1) is 17.0. The van der Waals surface area contributed by atoms with Gasteiger partial charge in [0, 0.05) is 29.2 Å². The van der Waals surface area contributed by atoms with E-state index >= 15 is 0 Å². The van der Waals surface area contributed by atoms with Gasteiger partial charge in [0.05, 0.1) is 12.7 Å². The Morgan fingerprint density at radius 2 is 1.74 bits per heavy atom. The topological polar surface area (TPSA) is 88.8 Å². The second-order valence-electron chi connectivity index (χ2n) is 7.92. The summed E-state index contributed by atoms with van der Waals surface area (Å²) >= 11 is 3.12. The summed E-state index contributed by atoms with van der Waals surface area (Å²) in [7, 11) is 1.73. The molecule has 180 valence electrons. The van der Waals surface area contributed by atoms with Crippen LogP contribution in [-0.2, 0) is 20.1 Å². The van der Waals surface area contributed by atoms with E-state index in [1.54, 1.807) is 23.7 Å². The van der Waals surface area contributed by atoms with Crippen molar-refractivity contribution < 1.29 is 4.79 Å². The molecule has 1 N–H and O–H groups in total. The van der Waals surface area contributed by atoms with Crippen LogP contribution in [0.4, 0.5) is 10.5 Å². The zero-order valence-corrected chi connectivity index (χ0v) is 21.7. The Hall–Kier alpha value is -3.37. The number of pyridine rings is 1. The Kier molecular flexibility index (Phi) is 8.04. The fourth-order valence-electron chi connectivity index (χ4n) is 3.66. The van der Waals surface area contributed by atoms with Crippen LogP contribution in [0.3, 0.4) is 0 Å². The molecule has 2 amide bonds. The minimum absolute atomic E-state index is 0.187. The van der Waals surface area contributed by atoms with Crippen molar-refractivity contribution in [2.75, 3.05) is 17.8 Å². The van der Waals surface area contributed by atoms with E-state index in [4.69, 9.17) is 0 Å². The molecule has 0 bridgehead atoms. The van der Waals surface area contributed by atoms with Gasteiger partial charge in [0.25, 0.3) is 0 Å². The predicted molar refractivity (Wildman–Crippen MR) is 141 cm³/mol. The lowest BCUT2D eigenvalue weighted by atomic mass is 10.1. The third-order valence-corrected chi connectivity index (χ3v) is 6.74. The molecule has 2 heterocycles. The number of thioether (sulfide) groups is 2. The van der Waals surface area contributed by atoms with Crippen molar-refractivity contribution in [3.05, 3.63) is 77.5 Å². The smallest absolute Gasteiger partial charge is 0.316 e. The molecule has 0 fully saturated rings. The molecule has 10 heteroatoms. The van der Waals surface area contributed by atoms with Crippen molar-refractivity contribution in [1.82, 2.24) is 30.1 Å². The Balaban J connectivity index is 1.63. The van der Waals surface area contributed by atoms with E-state index in [1.807, 2.05) is 80.1 Å². The first-order valence-corrected chi connectivity index (χ1v) is 13.4. The third kappa shape index (κ3) is 6.20. The summed E-state index contributed by atoms with van der Waals surface area (Å²) in [6, 6.07) is 19.7. The number of amides is 2. The molecule has 0 spiro atoms. The molecule has 35 heavy (non-hydrogen) atoms. The maximum Gasteiger partial charge on any atom is 0.322 e. The number of urea groups is 1. The summed E-state index contributed by atoms with van der Waals surface area (Å²) < 4.78 is 0. The van der Waals surface area contributed by atoms with Crippen molar-refractivity contribution in [3.8, 4) is 11.4 Å². The first-order valence-electron chi connectivity index (χ1n) is 11.0. The van der Waals surface area contributed by atoms with Gasteiger partial charge in [-0.3, -0.25) is 0 Å². The van der Waals surface area contributed by atoms with Crippen molar-refractivity contribution in [1.29, 1.82) is 0 Å². The predicted octanol–water partition coefficient (Wildman–Crippen LogP) is 5.26. The maximum atomic E-state index is 13.6. The number of nitrogens with zero attached hydrogens (tertiary/aromatic N) is 6. The van der Waals surface area contributed by atoms with Crippen LogP contribution in [0.5, 0.6) is 0 Å². The number of hydrogen-bond acceptors (Lipinski definition) is 7. The van der Waals surface area contributed by atoms with Crippen LogP contribution in [-0.4, -0.2) is 48.6 Å². The lowest BCUT2D eigenvalue weighted by Gasteiger charge is -2.25. The van der Waals surface area contributed by atoms with Crippen LogP contribution in [0.15, 0.2) is 70.6 Å². The SMILES string of the molecule is CSc1cc(C)nc(SC)c1NC(=O)N(Cc1ccccc1)Cc1cccc(-c2nnn(C)n2)c1. The Morgan fingerprint density at radius 1 is 1.00 bits per heavy atom. The summed E-state index contributed by atoms with van der Waals surface area (Å²) in [6.07, 6.45) is 3.97. The normalized spacial score (nSPS) is 10.9. The number of carbonyl (C=O) groups is 1. The van der Waals surface area contributed by atoms with E-state index in [-0.39, 0.29) is 6.03 Å². The summed E-state index contributed by atoms with van der Waals surface area (Å²) in [5.41, 5.74) is 4.54. The van der Waals surface area contributed by atoms with E-state index in [2.05, 4.69) is 25.7 Å². The van der Waals surface area contributed by atoms with Crippen LogP contribution in [0.1, 0.15) is 16.8 Å². The van der Waals surface area contributed by atoms with Gasteiger partial charge in [-0.15, -0.1) is 33.7 Å². The summed E-state index contributed by atoms with van der Waals surface area (Å²) in [6.45, 7) is 2.84. The van der Waals surface area contributed by atoms with Crippen molar-refractivity contribution in [3.63, 3.8) is 0 Å². The zero-order valence-electron chi connectivity index (χ0n) is 20.1. The Labute approximate surface area is 213 Å². The van der Waals surface area contributed by atoms with Crippen LogP contribution >= 0.6 is 23.5 Å². The third-order valence-electron chi connectivity index (χ3n) is 5.29. The lowest BCUT2D eigenvalue weighted by molar-refractivity contribution is 0.206. The van der Waals surface area contributed by atoms with Gasteiger partial charge >= 0.3 is 6.03 Å². The summed E-state index contributed by atoms with van der Waals surface area (Å²) in [5.74, 6) is 0.549. The number of nitrogens with one attached hydrogen (secondary N) is 1. The molecular weight excluding hydrogens is 478 g/mol. The van der Waals surface area contributed by atoms with Crippen LogP contribution < -0.4 is 5.32 Å². The van der Waals surface area contributed by atoms with Crippen LogP contribution in [0.2, 0.25) is 0 Å². The van der Waals surface area contributed by atoms with E-state index in [9.17, 15) is 4.79 Å². The second-order valence-corrected chi connectivity index (χ2v) is 9.57.